The first-order chi connectivity index (χ1) is 16.9. The van der Waals surface area contributed by atoms with E-state index in [2.05, 4.69) is 40.2 Å². The fourth-order valence-corrected chi connectivity index (χ4v) is 5.34. The Morgan fingerprint density at radius 3 is 2.23 bits per heavy atom. The van der Waals surface area contributed by atoms with Gasteiger partial charge in [-0.15, -0.1) is 0 Å². The quantitative estimate of drug-likeness (QED) is 0.482. The smallest absolute Gasteiger partial charge is 0.407 e. The highest BCUT2D eigenvalue weighted by molar-refractivity contribution is 5.94. The molecule has 9 nitrogen and oxygen atoms in total. The molecule has 2 aromatic carbocycles. The average Bonchev–Trinajstić information content (AvgIpc) is 3.34. The van der Waals surface area contributed by atoms with Crippen LogP contribution in [0.3, 0.4) is 0 Å². The van der Waals surface area contributed by atoms with Crippen molar-refractivity contribution in [2.45, 2.75) is 37.3 Å². The Bertz CT molecular complexity index is 1130. The third kappa shape index (κ3) is 4.58. The van der Waals surface area contributed by atoms with Crippen LogP contribution < -0.4 is 16.0 Å². The van der Waals surface area contributed by atoms with E-state index < -0.39 is 29.9 Å². The summed E-state index contributed by atoms with van der Waals surface area (Å²) in [7, 11) is 0. The molecule has 182 valence electrons. The zero-order valence-corrected chi connectivity index (χ0v) is 19.0. The first-order valence-electron chi connectivity index (χ1n) is 11.8. The lowest BCUT2D eigenvalue weighted by atomic mass is 9.78. The second kappa shape index (κ2) is 9.40. The summed E-state index contributed by atoms with van der Waals surface area (Å²) in [5, 5.41) is 17.0. The molecule has 0 spiro atoms. The summed E-state index contributed by atoms with van der Waals surface area (Å²) in [5.74, 6) is -2.87. The molecule has 0 aromatic heterocycles. The Balaban J connectivity index is 1.07. The van der Waals surface area contributed by atoms with E-state index in [-0.39, 0.29) is 43.4 Å². The van der Waals surface area contributed by atoms with E-state index in [1.807, 2.05) is 24.3 Å². The van der Waals surface area contributed by atoms with Gasteiger partial charge in [0.05, 0.1) is 0 Å². The molecule has 3 aliphatic rings. The minimum atomic E-state index is -1.12. The van der Waals surface area contributed by atoms with E-state index in [1.165, 1.54) is 11.1 Å². The number of aliphatic carboxylic acids is 1. The normalized spacial score (nSPS) is 24.5. The summed E-state index contributed by atoms with van der Waals surface area (Å²) in [6.45, 7) is 0.251. The summed E-state index contributed by atoms with van der Waals surface area (Å²) in [4.78, 5) is 47.8. The van der Waals surface area contributed by atoms with Gasteiger partial charge >= 0.3 is 12.1 Å². The predicted molar refractivity (Wildman–Crippen MR) is 125 cm³/mol. The zero-order chi connectivity index (χ0) is 24.5. The number of nitrogens with one attached hydrogen (secondary N) is 3. The minimum absolute atomic E-state index is 0.00611. The molecule has 2 atom stereocenters. The van der Waals surface area contributed by atoms with Crippen molar-refractivity contribution in [3.63, 3.8) is 0 Å². The molecule has 4 N–H and O–H groups in total. The van der Waals surface area contributed by atoms with E-state index in [9.17, 15) is 24.3 Å². The molecule has 1 heterocycles. The number of ether oxygens (including phenoxy) is 1. The molecule has 1 saturated carbocycles. The van der Waals surface area contributed by atoms with Crippen molar-refractivity contribution < 1.29 is 29.0 Å². The number of carboxylic acid groups (broad SMARTS) is 1. The molecule has 1 saturated heterocycles. The van der Waals surface area contributed by atoms with E-state index >= 15 is 0 Å². The van der Waals surface area contributed by atoms with Gasteiger partial charge in [0.15, 0.2) is 0 Å². The lowest BCUT2D eigenvalue weighted by molar-refractivity contribution is -0.143. The summed E-state index contributed by atoms with van der Waals surface area (Å²) in [6.07, 6.45) is 0.943. The van der Waals surface area contributed by atoms with Crippen LogP contribution in [0, 0.1) is 11.8 Å². The molecule has 2 aromatic rings. The number of hydrogen-bond acceptors (Lipinski definition) is 5. The Hall–Kier alpha value is -3.88. The van der Waals surface area contributed by atoms with Gasteiger partial charge in [-0.3, -0.25) is 14.4 Å². The first-order valence-corrected chi connectivity index (χ1v) is 11.8. The van der Waals surface area contributed by atoms with Crippen LogP contribution in [0.1, 0.15) is 36.3 Å². The fraction of sp³-hybridized carbons (Fsp3) is 0.385. The van der Waals surface area contributed by atoms with Gasteiger partial charge in [-0.1, -0.05) is 48.5 Å². The minimum Gasteiger partial charge on any atom is -0.481 e. The molecule has 3 amide bonds. The molecule has 0 bridgehead atoms. The number of rotatable bonds is 7. The van der Waals surface area contributed by atoms with Crippen molar-refractivity contribution in [1.29, 1.82) is 0 Å². The standard InChI is InChI=1S/C26H27N3O6/c30-22(29-23-20(25(32)33)12-27-24(23)31)11-14-9-15(10-14)28-26(34)35-13-21-18-7-3-1-5-16(18)17-6-2-4-8-19(17)21/h1-8,14-15,20-21,23H,9-13H2,(H,27,31)(H,28,34)(H,29,30)(H,32,33). The van der Waals surface area contributed by atoms with Crippen LogP contribution >= 0.6 is 0 Å². The van der Waals surface area contributed by atoms with Crippen molar-refractivity contribution >= 4 is 23.9 Å². The van der Waals surface area contributed by atoms with Gasteiger partial charge in [-0.05, 0) is 41.0 Å². The molecular weight excluding hydrogens is 450 g/mol. The van der Waals surface area contributed by atoms with Gasteiger partial charge in [0, 0.05) is 24.9 Å². The molecule has 9 heteroatoms. The summed E-state index contributed by atoms with van der Waals surface area (Å²) >= 11 is 0. The van der Waals surface area contributed by atoms with Crippen molar-refractivity contribution in [2.75, 3.05) is 13.2 Å². The fourth-order valence-electron chi connectivity index (χ4n) is 5.34. The maximum absolute atomic E-state index is 12.4. The number of carbonyl (C=O) groups excluding carboxylic acids is 3. The van der Waals surface area contributed by atoms with Gasteiger partial charge in [0.2, 0.25) is 11.8 Å². The predicted octanol–water partition coefficient (Wildman–Crippen LogP) is 2.01. The molecule has 35 heavy (non-hydrogen) atoms. The highest BCUT2D eigenvalue weighted by Gasteiger charge is 2.41. The van der Waals surface area contributed by atoms with Crippen LogP contribution in [0.15, 0.2) is 48.5 Å². The van der Waals surface area contributed by atoms with Gasteiger partial charge in [-0.2, -0.15) is 0 Å². The van der Waals surface area contributed by atoms with Crippen LogP contribution in [0.4, 0.5) is 4.79 Å². The third-order valence-corrected chi connectivity index (χ3v) is 7.19. The molecular formula is C26H27N3O6. The van der Waals surface area contributed by atoms with E-state index in [0.29, 0.717) is 12.8 Å². The second-order valence-corrected chi connectivity index (χ2v) is 9.44. The number of alkyl carbamates (subject to hydrolysis) is 1. The molecule has 0 radical (unpaired) electrons. The molecule has 5 rings (SSSR count). The van der Waals surface area contributed by atoms with Gasteiger partial charge in [0.25, 0.3) is 0 Å². The van der Waals surface area contributed by atoms with Gasteiger partial charge < -0.3 is 25.8 Å². The third-order valence-electron chi connectivity index (χ3n) is 7.19. The van der Waals surface area contributed by atoms with Crippen LogP contribution in [-0.2, 0) is 19.1 Å². The highest BCUT2D eigenvalue weighted by atomic mass is 16.5. The molecule has 2 unspecified atom stereocenters. The Morgan fingerprint density at radius 1 is 0.971 bits per heavy atom. The van der Waals surface area contributed by atoms with Crippen molar-refractivity contribution in [3.8, 4) is 11.1 Å². The van der Waals surface area contributed by atoms with Gasteiger partial charge in [-0.25, -0.2) is 4.79 Å². The lowest BCUT2D eigenvalue weighted by Gasteiger charge is -2.35. The van der Waals surface area contributed by atoms with Crippen molar-refractivity contribution in [1.82, 2.24) is 16.0 Å². The molecule has 2 aliphatic carbocycles. The maximum atomic E-state index is 12.4. The summed E-state index contributed by atoms with van der Waals surface area (Å²) < 4.78 is 5.57. The number of carboxylic acids is 1. The van der Waals surface area contributed by atoms with Crippen molar-refractivity contribution in [3.05, 3.63) is 59.7 Å². The van der Waals surface area contributed by atoms with Crippen molar-refractivity contribution in [2.24, 2.45) is 11.8 Å². The molecule has 1 aliphatic heterocycles. The van der Waals surface area contributed by atoms with E-state index in [1.54, 1.807) is 0 Å². The monoisotopic (exact) mass is 477 g/mol. The lowest BCUT2D eigenvalue weighted by Crippen LogP contribution is -2.49. The van der Waals surface area contributed by atoms with E-state index in [0.717, 1.165) is 11.1 Å². The van der Waals surface area contributed by atoms with E-state index in [4.69, 9.17) is 4.74 Å². The van der Waals surface area contributed by atoms with Crippen LogP contribution in [-0.4, -0.2) is 54.2 Å². The van der Waals surface area contributed by atoms with Crippen LogP contribution in [0.2, 0.25) is 0 Å². The SMILES string of the molecule is O=C(CC1CC(NC(=O)OCC2c3ccccc3-c3ccccc32)C1)NC1C(=O)NCC1C(=O)O. The Labute approximate surface area is 202 Å². The zero-order valence-electron chi connectivity index (χ0n) is 19.0. The average molecular weight is 478 g/mol. The summed E-state index contributed by atoms with van der Waals surface area (Å²) in [6, 6.07) is 15.2. The highest BCUT2D eigenvalue weighted by Crippen LogP contribution is 2.44. The first kappa shape index (κ1) is 22.9. The number of fused-ring (bicyclic) bond motifs is 3. The topological polar surface area (TPSA) is 134 Å². The largest absolute Gasteiger partial charge is 0.481 e. The van der Waals surface area contributed by atoms with Crippen LogP contribution in [0.25, 0.3) is 11.1 Å². The Kier molecular flexibility index (Phi) is 6.15. The van der Waals surface area contributed by atoms with Gasteiger partial charge in [0.1, 0.15) is 18.6 Å². The number of benzene rings is 2. The number of carbonyl (C=O) groups is 4. The maximum Gasteiger partial charge on any atom is 0.407 e. The summed E-state index contributed by atoms with van der Waals surface area (Å²) in [5.41, 5.74) is 4.64. The second-order valence-electron chi connectivity index (χ2n) is 9.44. The van der Waals surface area contributed by atoms with Crippen LogP contribution in [0.5, 0.6) is 0 Å². The molecule has 2 fully saturated rings. The number of amides is 3. The number of hydrogen-bond donors (Lipinski definition) is 4. The Morgan fingerprint density at radius 2 is 1.60 bits per heavy atom.